The van der Waals surface area contributed by atoms with E-state index in [-0.39, 0.29) is 6.10 Å². The number of piperidine rings is 1. The number of piperazine rings is 1. The summed E-state index contributed by atoms with van der Waals surface area (Å²) in [5.41, 5.74) is 0. The molecule has 0 aromatic carbocycles. The number of aliphatic hydroxyl groups excluding tert-OH is 1. The van der Waals surface area contributed by atoms with Gasteiger partial charge in [-0.05, 0) is 38.3 Å². The molecule has 2 aliphatic rings. The topological polar surface area (TPSA) is 39.2 Å². The van der Waals surface area contributed by atoms with Crippen molar-refractivity contribution in [2.75, 3.05) is 66.1 Å². The van der Waals surface area contributed by atoms with E-state index in [1.54, 1.807) is 7.11 Å². The van der Waals surface area contributed by atoms with Gasteiger partial charge in [0.15, 0.2) is 0 Å². The van der Waals surface area contributed by atoms with Crippen molar-refractivity contribution in [1.29, 1.82) is 0 Å². The Hall–Kier alpha value is -0.200. The number of aliphatic hydroxyl groups is 1. The van der Waals surface area contributed by atoms with Gasteiger partial charge in [-0.2, -0.15) is 0 Å². The summed E-state index contributed by atoms with van der Waals surface area (Å²) >= 11 is 0. The minimum absolute atomic E-state index is 0.216. The lowest BCUT2D eigenvalue weighted by Gasteiger charge is -2.42. The van der Waals surface area contributed by atoms with Crippen LogP contribution in [-0.4, -0.2) is 98.0 Å². The molecule has 2 atom stereocenters. The Labute approximate surface area is 142 Å². The average Bonchev–Trinajstić information content (AvgIpc) is 2.55. The van der Waals surface area contributed by atoms with Crippen molar-refractivity contribution >= 4 is 0 Å². The predicted molar refractivity (Wildman–Crippen MR) is 94.8 cm³/mol. The number of rotatable bonds is 8. The highest BCUT2D eigenvalue weighted by Gasteiger charge is 2.27. The fourth-order valence-electron chi connectivity index (χ4n) is 3.91. The third-order valence-electron chi connectivity index (χ3n) is 5.56. The molecule has 136 valence electrons. The zero-order valence-electron chi connectivity index (χ0n) is 15.4. The number of hydrogen-bond acceptors (Lipinski definition) is 5. The van der Waals surface area contributed by atoms with Crippen LogP contribution in [0.5, 0.6) is 0 Å². The minimum atomic E-state index is -0.216. The summed E-state index contributed by atoms with van der Waals surface area (Å²) in [6.07, 6.45) is 3.51. The Bertz CT molecular complexity index is 321. The van der Waals surface area contributed by atoms with E-state index in [2.05, 4.69) is 28.5 Å². The first-order valence-corrected chi connectivity index (χ1v) is 9.48. The van der Waals surface area contributed by atoms with Crippen molar-refractivity contribution in [2.45, 2.75) is 45.3 Å². The molecule has 0 spiro atoms. The van der Waals surface area contributed by atoms with Gasteiger partial charge in [0.2, 0.25) is 0 Å². The van der Waals surface area contributed by atoms with E-state index in [0.29, 0.717) is 6.04 Å². The maximum Gasteiger partial charge on any atom is 0.0793 e. The Morgan fingerprint density at radius 2 is 1.78 bits per heavy atom. The molecule has 0 amide bonds. The normalized spacial score (nSPS) is 27.4. The zero-order valence-corrected chi connectivity index (χ0v) is 15.4. The fraction of sp³-hybridized carbons (Fsp3) is 1.00. The first-order chi connectivity index (χ1) is 11.1. The Balaban J connectivity index is 1.70. The van der Waals surface area contributed by atoms with Crippen LogP contribution in [0.4, 0.5) is 0 Å². The molecule has 5 heteroatoms. The lowest BCUT2D eigenvalue weighted by Crippen LogP contribution is -2.55. The molecular weight excluding hydrogens is 290 g/mol. The Kier molecular flexibility index (Phi) is 8.27. The van der Waals surface area contributed by atoms with Crippen molar-refractivity contribution in [3.63, 3.8) is 0 Å². The lowest BCUT2D eigenvalue weighted by atomic mass is 9.99. The molecule has 2 heterocycles. The fourth-order valence-corrected chi connectivity index (χ4v) is 3.91. The Morgan fingerprint density at radius 3 is 2.43 bits per heavy atom. The van der Waals surface area contributed by atoms with Gasteiger partial charge in [-0.25, -0.2) is 0 Å². The lowest BCUT2D eigenvalue weighted by molar-refractivity contribution is 0.0142. The van der Waals surface area contributed by atoms with Crippen LogP contribution in [0.2, 0.25) is 0 Å². The van der Waals surface area contributed by atoms with Crippen LogP contribution in [-0.2, 0) is 4.74 Å². The number of methoxy groups -OCH3 is 1. The highest BCUT2D eigenvalue weighted by molar-refractivity contribution is 4.83. The summed E-state index contributed by atoms with van der Waals surface area (Å²) in [5, 5.41) is 10.5. The number of nitrogens with zero attached hydrogens (tertiary/aromatic N) is 3. The van der Waals surface area contributed by atoms with Gasteiger partial charge in [-0.1, -0.05) is 13.8 Å². The molecule has 0 aromatic heterocycles. The van der Waals surface area contributed by atoms with Gasteiger partial charge >= 0.3 is 0 Å². The van der Waals surface area contributed by atoms with Crippen LogP contribution in [0.3, 0.4) is 0 Å². The number of hydrogen-bond donors (Lipinski definition) is 1. The molecule has 0 saturated carbocycles. The summed E-state index contributed by atoms with van der Waals surface area (Å²) in [5.74, 6) is 0.855. The van der Waals surface area contributed by atoms with Gasteiger partial charge in [0.25, 0.3) is 0 Å². The van der Waals surface area contributed by atoms with E-state index in [1.165, 1.54) is 19.3 Å². The van der Waals surface area contributed by atoms with Crippen molar-refractivity contribution in [3.8, 4) is 0 Å². The standard InChI is InChI=1S/C18H37N3O2/c1-4-17-13-20(9-10-21(17)11-12-23-3)15-18(22)14-19-7-5-16(2)6-8-19/h16-18,22H,4-15H2,1-3H3/t17-,18-/m0/s1. The van der Waals surface area contributed by atoms with Crippen LogP contribution in [0.25, 0.3) is 0 Å². The second-order valence-corrected chi connectivity index (χ2v) is 7.49. The third kappa shape index (κ3) is 6.31. The van der Waals surface area contributed by atoms with E-state index in [9.17, 15) is 5.11 Å². The first-order valence-electron chi connectivity index (χ1n) is 9.48. The molecule has 2 aliphatic heterocycles. The van der Waals surface area contributed by atoms with E-state index < -0.39 is 0 Å². The van der Waals surface area contributed by atoms with Crippen LogP contribution < -0.4 is 0 Å². The zero-order chi connectivity index (χ0) is 16.7. The molecule has 0 unspecified atom stereocenters. The van der Waals surface area contributed by atoms with Gasteiger partial charge in [-0.3, -0.25) is 9.80 Å². The molecule has 2 rings (SSSR count). The van der Waals surface area contributed by atoms with E-state index >= 15 is 0 Å². The van der Waals surface area contributed by atoms with E-state index in [4.69, 9.17) is 4.74 Å². The smallest absolute Gasteiger partial charge is 0.0793 e. The third-order valence-corrected chi connectivity index (χ3v) is 5.56. The summed E-state index contributed by atoms with van der Waals surface area (Å²) in [6.45, 7) is 13.6. The highest BCUT2D eigenvalue weighted by atomic mass is 16.5. The van der Waals surface area contributed by atoms with Crippen molar-refractivity contribution in [2.24, 2.45) is 5.92 Å². The van der Waals surface area contributed by atoms with E-state index in [1.807, 2.05) is 0 Å². The van der Waals surface area contributed by atoms with Crippen molar-refractivity contribution in [3.05, 3.63) is 0 Å². The molecular formula is C18H37N3O2. The average molecular weight is 328 g/mol. The highest BCUT2D eigenvalue weighted by Crippen LogP contribution is 2.17. The van der Waals surface area contributed by atoms with Crippen LogP contribution >= 0.6 is 0 Å². The van der Waals surface area contributed by atoms with Gasteiger partial charge in [0.1, 0.15) is 0 Å². The maximum absolute atomic E-state index is 10.5. The summed E-state index contributed by atoms with van der Waals surface area (Å²) in [6, 6.07) is 0.599. The summed E-state index contributed by atoms with van der Waals surface area (Å²) in [4.78, 5) is 7.43. The predicted octanol–water partition coefficient (Wildman–Crippen LogP) is 1.12. The van der Waals surface area contributed by atoms with Crippen LogP contribution in [0.1, 0.15) is 33.1 Å². The molecule has 23 heavy (non-hydrogen) atoms. The number of β-amino-alcohol motifs (C(OH)–C–C–N with tert-alkyl or cyclic N) is 1. The minimum Gasteiger partial charge on any atom is -0.390 e. The van der Waals surface area contributed by atoms with Crippen molar-refractivity contribution < 1.29 is 9.84 Å². The number of ether oxygens (including phenoxy) is 1. The molecule has 1 N–H and O–H groups in total. The van der Waals surface area contributed by atoms with Crippen molar-refractivity contribution in [1.82, 2.24) is 14.7 Å². The quantitative estimate of drug-likeness (QED) is 0.723. The second kappa shape index (κ2) is 9.94. The largest absolute Gasteiger partial charge is 0.390 e. The van der Waals surface area contributed by atoms with Gasteiger partial charge in [0, 0.05) is 52.4 Å². The monoisotopic (exact) mass is 327 g/mol. The molecule has 0 aromatic rings. The van der Waals surface area contributed by atoms with Gasteiger partial charge < -0.3 is 14.7 Å². The molecule has 0 bridgehead atoms. The molecule has 0 radical (unpaired) electrons. The number of likely N-dealkylation sites (tertiary alicyclic amines) is 1. The van der Waals surface area contributed by atoms with Crippen LogP contribution in [0.15, 0.2) is 0 Å². The van der Waals surface area contributed by atoms with Gasteiger partial charge in [-0.15, -0.1) is 0 Å². The molecule has 5 nitrogen and oxygen atoms in total. The molecule has 2 saturated heterocycles. The Morgan fingerprint density at radius 1 is 1.09 bits per heavy atom. The maximum atomic E-state index is 10.5. The summed E-state index contributed by atoms with van der Waals surface area (Å²) < 4.78 is 5.22. The molecule has 2 fully saturated rings. The molecule has 0 aliphatic carbocycles. The van der Waals surface area contributed by atoms with E-state index in [0.717, 1.165) is 64.9 Å². The van der Waals surface area contributed by atoms with Crippen LogP contribution in [0, 0.1) is 5.92 Å². The second-order valence-electron chi connectivity index (χ2n) is 7.49. The SMILES string of the molecule is CC[C@H]1CN(C[C@@H](O)CN2CCC(C)CC2)CCN1CCOC. The first kappa shape index (κ1) is 19.1. The summed E-state index contributed by atoms with van der Waals surface area (Å²) in [7, 11) is 1.77. The van der Waals surface area contributed by atoms with Gasteiger partial charge in [0.05, 0.1) is 12.7 Å².